The van der Waals surface area contributed by atoms with Gasteiger partial charge in [0.05, 0.1) is 0 Å². The second kappa shape index (κ2) is 10.2. The van der Waals surface area contributed by atoms with Crippen LogP contribution in [0.15, 0.2) is 77.2 Å². The number of hydrogen-bond acceptors (Lipinski definition) is 5. The number of aromatic nitrogens is 2. The van der Waals surface area contributed by atoms with Crippen LogP contribution in [0.5, 0.6) is 0 Å². The molecule has 1 aromatic heterocycles. The molecule has 6 nitrogen and oxygen atoms in total. The van der Waals surface area contributed by atoms with Crippen LogP contribution in [0.1, 0.15) is 27.9 Å². The van der Waals surface area contributed by atoms with E-state index in [1.54, 1.807) is 0 Å². The lowest BCUT2D eigenvalue weighted by molar-refractivity contribution is 0.0761. The molecule has 1 fully saturated rings. The van der Waals surface area contributed by atoms with Crippen LogP contribution in [-0.4, -0.2) is 52.1 Å². The van der Waals surface area contributed by atoms with E-state index in [4.69, 9.17) is 4.42 Å². The highest BCUT2D eigenvalue weighted by atomic mass is 19.1. The van der Waals surface area contributed by atoms with E-state index in [0.29, 0.717) is 30.4 Å². The molecule has 178 valence electrons. The van der Waals surface area contributed by atoms with Crippen molar-refractivity contribution in [3.63, 3.8) is 0 Å². The summed E-state index contributed by atoms with van der Waals surface area (Å²) in [7, 11) is 0. The van der Waals surface area contributed by atoms with Gasteiger partial charge in [0, 0.05) is 49.4 Å². The van der Waals surface area contributed by atoms with Crippen molar-refractivity contribution in [3.8, 4) is 22.9 Å². The summed E-state index contributed by atoms with van der Waals surface area (Å²) in [5.41, 5.74) is 4.52. The highest BCUT2D eigenvalue weighted by molar-refractivity contribution is 5.94. The minimum Gasteiger partial charge on any atom is -0.416 e. The Labute approximate surface area is 204 Å². The monoisotopic (exact) mass is 470 g/mol. The number of nitrogens with zero attached hydrogens (tertiary/aromatic N) is 4. The fourth-order valence-electron chi connectivity index (χ4n) is 4.27. The predicted octanol–water partition coefficient (Wildman–Crippen LogP) is 5.20. The summed E-state index contributed by atoms with van der Waals surface area (Å²) in [5, 5.41) is 8.33. The molecule has 0 spiro atoms. The Morgan fingerprint density at radius 3 is 2.11 bits per heavy atom. The predicted molar refractivity (Wildman–Crippen MR) is 132 cm³/mol. The number of rotatable bonds is 5. The van der Waals surface area contributed by atoms with Gasteiger partial charge in [-0.05, 0) is 67.4 Å². The van der Waals surface area contributed by atoms with Crippen LogP contribution in [-0.2, 0) is 6.54 Å². The molecule has 7 heteroatoms. The standard InChI is InChI=1S/C28H27FN4O2/c1-20-3-7-22(8-4-20)26-30-31-27(35-26)23-9-11-24(12-10-23)28(34)33-16-2-15-32(17-18-33)19-21-5-13-25(29)14-6-21/h3-14H,2,15-19H2,1H3. The molecule has 5 rings (SSSR count). The maximum absolute atomic E-state index is 13.2. The molecule has 0 radical (unpaired) electrons. The third kappa shape index (κ3) is 5.46. The van der Waals surface area contributed by atoms with E-state index >= 15 is 0 Å². The van der Waals surface area contributed by atoms with Gasteiger partial charge in [-0.3, -0.25) is 9.69 Å². The quantitative estimate of drug-likeness (QED) is 0.401. The minimum atomic E-state index is -0.224. The van der Waals surface area contributed by atoms with Crippen molar-refractivity contribution in [3.05, 3.63) is 95.3 Å². The molecule has 1 saturated heterocycles. The van der Waals surface area contributed by atoms with E-state index in [0.717, 1.165) is 42.7 Å². The maximum Gasteiger partial charge on any atom is 0.253 e. The zero-order valence-electron chi connectivity index (χ0n) is 19.7. The number of amides is 1. The molecule has 0 saturated carbocycles. The number of halogens is 1. The molecular formula is C28H27FN4O2. The van der Waals surface area contributed by atoms with Crippen molar-refractivity contribution in [2.75, 3.05) is 26.2 Å². The summed E-state index contributed by atoms with van der Waals surface area (Å²) >= 11 is 0. The smallest absolute Gasteiger partial charge is 0.253 e. The highest BCUT2D eigenvalue weighted by Gasteiger charge is 2.21. The molecule has 1 aliphatic heterocycles. The molecular weight excluding hydrogens is 443 g/mol. The molecule has 2 heterocycles. The van der Waals surface area contributed by atoms with E-state index in [2.05, 4.69) is 15.1 Å². The van der Waals surface area contributed by atoms with Gasteiger partial charge in [0.2, 0.25) is 11.8 Å². The first kappa shape index (κ1) is 22.9. The lowest BCUT2D eigenvalue weighted by Gasteiger charge is -2.22. The number of benzene rings is 3. The lowest BCUT2D eigenvalue weighted by atomic mass is 10.1. The Morgan fingerprint density at radius 1 is 0.829 bits per heavy atom. The maximum atomic E-state index is 13.2. The summed E-state index contributed by atoms with van der Waals surface area (Å²) in [6.45, 7) is 5.84. The first-order valence-electron chi connectivity index (χ1n) is 11.8. The number of carbonyl (C=O) groups is 1. The first-order chi connectivity index (χ1) is 17.0. The van der Waals surface area contributed by atoms with Gasteiger partial charge in [0.15, 0.2) is 0 Å². The van der Waals surface area contributed by atoms with Crippen LogP contribution in [0.3, 0.4) is 0 Å². The Hall–Kier alpha value is -3.84. The second-order valence-electron chi connectivity index (χ2n) is 8.90. The molecule has 0 aliphatic carbocycles. The average molecular weight is 471 g/mol. The summed E-state index contributed by atoms with van der Waals surface area (Å²) < 4.78 is 19.0. The third-order valence-electron chi connectivity index (χ3n) is 6.30. The zero-order chi connectivity index (χ0) is 24.2. The molecule has 0 unspecified atom stereocenters. The van der Waals surface area contributed by atoms with E-state index in [1.165, 1.54) is 17.7 Å². The summed E-state index contributed by atoms with van der Waals surface area (Å²) in [5.74, 6) is 0.685. The zero-order valence-corrected chi connectivity index (χ0v) is 19.7. The Balaban J connectivity index is 1.21. The van der Waals surface area contributed by atoms with Crippen molar-refractivity contribution in [2.45, 2.75) is 19.9 Å². The van der Waals surface area contributed by atoms with Crippen molar-refractivity contribution in [1.29, 1.82) is 0 Å². The van der Waals surface area contributed by atoms with E-state index < -0.39 is 0 Å². The lowest BCUT2D eigenvalue weighted by Crippen LogP contribution is -2.35. The fraction of sp³-hybridized carbons (Fsp3) is 0.250. The van der Waals surface area contributed by atoms with Gasteiger partial charge in [-0.15, -0.1) is 10.2 Å². The molecule has 1 amide bonds. The first-order valence-corrected chi connectivity index (χ1v) is 11.8. The molecule has 35 heavy (non-hydrogen) atoms. The van der Waals surface area contributed by atoms with Gasteiger partial charge in [-0.1, -0.05) is 29.8 Å². The number of aryl methyl sites for hydroxylation is 1. The summed E-state index contributed by atoms with van der Waals surface area (Å²) in [6.07, 6.45) is 0.898. The SMILES string of the molecule is Cc1ccc(-c2nnc(-c3ccc(C(=O)N4CCCN(Cc5ccc(F)cc5)CC4)cc3)o2)cc1. The van der Waals surface area contributed by atoms with Crippen LogP contribution < -0.4 is 0 Å². The van der Waals surface area contributed by atoms with Gasteiger partial charge >= 0.3 is 0 Å². The van der Waals surface area contributed by atoms with Crippen LogP contribution >= 0.6 is 0 Å². The van der Waals surface area contributed by atoms with E-state index in [-0.39, 0.29) is 11.7 Å². The van der Waals surface area contributed by atoms with Gasteiger partial charge in [0.25, 0.3) is 5.91 Å². The van der Waals surface area contributed by atoms with Crippen LogP contribution in [0.2, 0.25) is 0 Å². The molecule has 0 N–H and O–H groups in total. The number of carbonyl (C=O) groups excluding carboxylic acids is 1. The Bertz CT molecular complexity index is 1280. The molecule has 0 bridgehead atoms. The van der Waals surface area contributed by atoms with E-state index in [9.17, 15) is 9.18 Å². The largest absolute Gasteiger partial charge is 0.416 e. The number of hydrogen-bond donors (Lipinski definition) is 0. The van der Waals surface area contributed by atoms with Crippen LogP contribution in [0.4, 0.5) is 4.39 Å². The van der Waals surface area contributed by atoms with Crippen LogP contribution in [0.25, 0.3) is 22.9 Å². The van der Waals surface area contributed by atoms with Gasteiger partial charge in [-0.2, -0.15) is 0 Å². The highest BCUT2D eigenvalue weighted by Crippen LogP contribution is 2.25. The van der Waals surface area contributed by atoms with E-state index in [1.807, 2.05) is 72.5 Å². The Morgan fingerprint density at radius 2 is 1.46 bits per heavy atom. The molecule has 0 atom stereocenters. The van der Waals surface area contributed by atoms with Crippen molar-refractivity contribution in [1.82, 2.24) is 20.0 Å². The van der Waals surface area contributed by atoms with Gasteiger partial charge in [-0.25, -0.2) is 4.39 Å². The third-order valence-corrected chi connectivity index (χ3v) is 6.30. The molecule has 3 aromatic carbocycles. The topological polar surface area (TPSA) is 62.5 Å². The summed E-state index contributed by atoms with van der Waals surface area (Å²) in [4.78, 5) is 17.3. The van der Waals surface area contributed by atoms with Gasteiger partial charge in [0.1, 0.15) is 5.82 Å². The summed E-state index contributed by atoms with van der Waals surface area (Å²) in [6, 6.07) is 21.9. The molecule has 4 aromatic rings. The van der Waals surface area contributed by atoms with Crippen molar-refractivity contribution >= 4 is 5.91 Å². The van der Waals surface area contributed by atoms with Crippen LogP contribution in [0, 0.1) is 12.7 Å². The van der Waals surface area contributed by atoms with Gasteiger partial charge < -0.3 is 9.32 Å². The fourth-order valence-corrected chi connectivity index (χ4v) is 4.27. The Kier molecular flexibility index (Phi) is 6.68. The average Bonchev–Trinajstić information content (AvgIpc) is 3.26. The molecule has 1 aliphatic rings. The normalized spacial score (nSPS) is 14.6. The minimum absolute atomic E-state index is 0.0195. The van der Waals surface area contributed by atoms with Crippen molar-refractivity contribution in [2.24, 2.45) is 0 Å². The van der Waals surface area contributed by atoms with Crippen molar-refractivity contribution < 1.29 is 13.6 Å². The second-order valence-corrected chi connectivity index (χ2v) is 8.90.